The quantitative estimate of drug-likeness (QED) is 0.594. The number of carbonyl (C=O) groups excluding carboxylic acids is 2. The molecule has 2 atom stereocenters. The van der Waals surface area contributed by atoms with Gasteiger partial charge in [-0.15, -0.1) is 0 Å². The first-order chi connectivity index (χ1) is 9.54. The molecule has 0 saturated carbocycles. The van der Waals surface area contributed by atoms with Gasteiger partial charge in [-0.1, -0.05) is 20.8 Å². The lowest BCUT2D eigenvalue weighted by molar-refractivity contribution is -0.137. The molecule has 1 aliphatic carbocycles. The van der Waals surface area contributed by atoms with Crippen LogP contribution >= 0.6 is 0 Å². The second kappa shape index (κ2) is 5.21. The van der Waals surface area contributed by atoms with E-state index in [1.54, 1.807) is 13.0 Å². The average Bonchev–Trinajstić information content (AvgIpc) is 2.83. The van der Waals surface area contributed by atoms with E-state index in [1.807, 2.05) is 6.08 Å². The highest BCUT2D eigenvalue weighted by Gasteiger charge is 2.46. The lowest BCUT2D eigenvalue weighted by atomic mass is 9.93. The summed E-state index contributed by atoms with van der Waals surface area (Å²) in [5.41, 5.74) is 1.13. The third kappa shape index (κ3) is 2.90. The fraction of sp³-hybridized carbons (Fsp3) is 0.625. The molecule has 0 aromatic rings. The summed E-state index contributed by atoms with van der Waals surface area (Å²) >= 11 is 0. The second-order valence-corrected chi connectivity index (χ2v) is 12.0. The number of hydrogen-bond donors (Lipinski definition) is 0. The molecule has 2 aliphatic rings. The number of Topliss-reactive ketones (excluding diaryl/α,β-unsaturated/α-hetero) is 1. The van der Waals surface area contributed by atoms with Gasteiger partial charge in [-0.3, -0.25) is 4.79 Å². The van der Waals surface area contributed by atoms with Gasteiger partial charge >= 0.3 is 5.97 Å². The zero-order chi connectivity index (χ0) is 16.0. The maximum Gasteiger partial charge on any atom is 0.334 e. The largest absolute Gasteiger partial charge is 0.458 e. The van der Waals surface area contributed by atoms with E-state index < -0.39 is 14.2 Å². The van der Waals surface area contributed by atoms with Crippen molar-refractivity contribution in [2.45, 2.75) is 51.9 Å². The second-order valence-electron chi connectivity index (χ2n) is 7.29. The van der Waals surface area contributed by atoms with Gasteiger partial charge < -0.3 is 9.16 Å². The molecular weight excluding hydrogens is 284 g/mol. The Morgan fingerprint density at radius 1 is 1.29 bits per heavy atom. The molecule has 0 fully saturated rings. The van der Waals surface area contributed by atoms with Crippen LogP contribution < -0.4 is 0 Å². The summed E-state index contributed by atoms with van der Waals surface area (Å²) in [5, 5.41) is 0.0511. The van der Waals surface area contributed by atoms with Crippen LogP contribution in [0.15, 0.2) is 23.3 Å². The molecular formula is C16H24O4Si. The Kier molecular flexibility index (Phi) is 4.01. The van der Waals surface area contributed by atoms with Crippen molar-refractivity contribution in [2.24, 2.45) is 5.92 Å². The standard InChI is InChI=1S/C16H24O4Si/c1-10-9-12(20-21(5,6)16(2,3)4)13(14(10)17)11-7-8-19-15(11)18/h7,9,12-13H,8H2,1-6H3/t12-,13+/m0/s1. The first-order valence-electron chi connectivity index (χ1n) is 7.32. The molecule has 0 amide bonds. The number of rotatable bonds is 3. The predicted octanol–water partition coefficient (Wildman–Crippen LogP) is 3.01. The molecule has 0 unspecified atom stereocenters. The van der Waals surface area contributed by atoms with Gasteiger partial charge in [0.15, 0.2) is 14.1 Å². The van der Waals surface area contributed by atoms with E-state index in [9.17, 15) is 9.59 Å². The van der Waals surface area contributed by atoms with E-state index in [4.69, 9.17) is 9.16 Å². The van der Waals surface area contributed by atoms with Crippen molar-refractivity contribution in [2.75, 3.05) is 6.61 Å². The number of ketones is 1. The van der Waals surface area contributed by atoms with E-state index in [0.717, 1.165) is 0 Å². The maximum atomic E-state index is 12.4. The van der Waals surface area contributed by atoms with Gasteiger partial charge in [-0.25, -0.2) is 4.79 Å². The van der Waals surface area contributed by atoms with Crippen LogP contribution in [0.3, 0.4) is 0 Å². The minimum atomic E-state index is -2.02. The smallest absolute Gasteiger partial charge is 0.334 e. The minimum absolute atomic E-state index is 0.0243. The van der Waals surface area contributed by atoms with Gasteiger partial charge in [0.25, 0.3) is 0 Å². The lowest BCUT2D eigenvalue weighted by Crippen LogP contribution is -2.45. The molecule has 1 heterocycles. The Balaban J connectivity index is 2.29. The fourth-order valence-corrected chi connectivity index (χ4v) is 3.62. The summed E-state index contributed by atoms with van der Waals surface area (Å²) < 4.78 is 11.3. The number of hydrogen-bond acceptors (Lipinski definition) is 4. The molecule has 0 spiro atoms. The summed E-state index contributed by atoms with van der Waals surface area (Å²) in [6.07, 6.45) is 3.22. The molecule has 0 aromatic carbocycles. The van der Waals surface area contributed by atoms with Crippen molar-refractivity contribution < 1.29 is 18.8 Å². The highest BCUT2D eigenvalue weighted by Crippen LogP contribution is 2.41. The van der Waals surface area contributed by atoms with Crippen molar-refractivity contribution in [1.29, 1.82) is 0 Å². The van der Waals surface area contributed by atoms with Crippen LogP contribution in [-0.4, -0.2) is 32.8 Å². The highest BCUT2D eigenvalue weighted by molar-refractivity contribution is 6.74. The minimum Gasteiger partial charge on any atom is -0.458 e. The SMILES string of the molecule is CC1=C[C@H](O[Si](C)(C)C(C)(C)C)[C@@H](C2=CCOC2=O)C1=O. The molecule has 0 N–H and O–H groups in total. The Hall–Kier alpha value is -1.20. The Morgan fingerprint density at radius 3 is 2.38 bits per heavy atom. The Morgan fingerprint density at radius 2 is 1.90 bits per heavy atom. The van der Waals surface area contributed by atoms with Crippen molar-refractivity contribution in [3.63, 3.8) is 0 Å². The molecule has 21 heavy (non-hydrogen) atoms. The normalized spacial score (nSPS) is 26.8. The van der Waals surface area contributed by atoms with Gasteiger partial charge in [0.2, 0.25) is 0 Å². The van der Waals surface area contributed by atoms with Gasteiger partial charge in [-0.05, 0) is 42.8 Å². The van der Waals surface area contributed by atoms with Crippen LogP contribution in [-0.2, 0) is 18.8 Å². The van der Waals surface area contributed by atoms with E-state index in [0.29, 0.717) is 11.1 Å². The maximum absolute atomic E-state index is 12.4. The van der Waals surface area contributed by atoms with E-state index >= 15 is 0 Å². The Labute approximate surface area is 127 Å². The Bertz CT molecular complexity index is 537. The third-order valence-electron chi connectivity index (χ3n) is 4.74. The number of esters is 1. The van der Waals surface area contributed by atoms with Crippen LogP contribution in [0.4, 0.5) is 0 Å². The molecule has 0 aromatic heterocycles. The van der Waals surface area contributed by atoms with Crippen LogP contribution in [0, 0.1) is 5.92 Å². The fourth-order valence-electron chi connectivity index (χ4n) is 2.38. The van der Waals surface area contributed by atoms with Gasteiger partial charge in [0.05, 0.1) is 17.6 Å². The molecule has 5 heteroatoms. The van der Waals surface area contributed by atoms with Gasteiger partial charge in [-0.2, -0.15) is 0 Å². The van der Waals surface area contributed by atoms with E-state index in [1.165, 1.54) is 0 Å². The molecule has 0 bridgehead atoms. The summed E-state index contributed by atoms with van der Waals surface area (Å²) in [7, 11) is -2.02. The summed E-state index contributed by atoms with van der Waals surface area (Å²) in [4.78, 5) is 24.2. The van der Waals surface area contributed by atoms with Crippen LogP contribution in [0.2, 0.25) is 18.1 Å². The molecule has 0 radical (unpaired) electrons. The predicted molar refractivity (Wildman–Crippen MR) is 83.4 cm³/mol. The third-order valence-corrected chi connectivity index (χ3v) is 9.21. The van der Waals surface area contributed by atoms with E-state index in [2.05, 4.69) is 33.9 Å². The molecule has 0 saturated heterocycles. The molecule has 2 rings (SSSR count). The van der Waals surface area contributed by atoms with Crippen LogP contribution in [0.25, 0.3) is 0 Å². The first kappa shape index (κ1) is 16.2. The molecule has 4 nitrogen and oxygen atoms in total. The first-order valence-corrected chi connectivity index (χ1v) is 10.2. The summed E-state index contributed by atoms with van der Waals surface area (Å²) in [6.45, 7) is 12.8. The zero-order valence-electron chi connectivity index (χ0n) is 13.6. The molecule has 1 aliphatic heterocycles. The van der Waals surface area contributed by atoms with Crippen molar-refractivity contribution in [3.05, 3.63) is 23.3 Å². The average molecular weight is 308 g/mol. The lowest BCUT2D eigenvalue weighted by Gasteiger charge is -2.39. The number of carbonyl (C=O) groups is 2. The van der Waals surface area contributed by atoms with Crippen LogP contribution in [0.5, 0.6) is 0 Å². The van der Waals surface area contributed by atoms with Gasteiger partial charge in [0.1, 0.15) is 6.61 Å². The summed E-state index contributed by atoms with van der Waals surface area (Å²) in [6, 6.07) is 0. The molecule has 116 valence electrons. The monoisotopic (exact) mass is 308 g/mol. The van der Waals surface area contributed by atoms with E-state index in [-0.39, 0.29) is 29.5 Å². The topological polar surface area (TPSA) is 52.6 Å². The number of ether oxygens (including phenoxy) is 1. The zero-order valence-corrected chi connectivity index (χ0v) is 14.6. The van der Waals surface area contributed by atoms with Gasteiger partial charge in [0, 0.05) is 0 Å². The van der Waals surface area contributed by atoms with Crippen molar-refractivity contribution in [3.8, 4) is 0 Å². The number of allylic oxidation sites excluding steroid dienone is 1. The van der Waals surface area contributed by atoms with Crippen molar-refractivity contribution >= 4 is 20.1 Å². The van der Waals surface area contributed by atoms with Crippen LogP contribution in [0.1, 0.15) is 27.7 Å². The number of cyclic esters (lactones) is 1. The van der Waals surface area contributed by atoms with Crippen molar-refractivity contribution in [1.82, 2.24) is 0 Å². The highest BCUT2D eigenvalue weighted by atomic mass is 28.4. The summed E-state index contributed by atoms with van der Waals surface area (Å²) in [5.74, 6) is -0.946.